The first-order valence-corrected chi connectivity index (χ1v) is 11.1. The highest BCUT2D eigenvalue weighted by Crippen LogP contribution is 2.38. The van der Waals surface area contributed by atoms with Gasteiger partial charge in [0.1, 0.15) is 10.7 Å². The average molecular weight is 390 g/mol. The van der Waals surface area contributed by atoms with Gasteiger partial charge in [-0.15, -0.1) is 22.7 Å². The molecule has 0 fully saturated rings. The van der Waals surface area contributed by atoms with E-state index in [0.717, 1.165) is 54.1 Å². The van der Waals surface area contributed by atoms with E-state index < -0.39 is 0 Å². The van der Waals surface area contributed by atoms with E-state index in [1.54, 1.807) is 22.7 Å². The molecule has 0 aliphatic rings. The van der Waals surface area contributed by atoms with Crippen molar-refractivity contribution in [2.75, 3.05) is 19.6 Å². The van der Waals surface area contributed by atoms with E-state index in [2.05, 4.69) is 50.1 Å². The third kappa shape index (κ3) is 3.50. The molecule has 0 saturated carbocycles. The van der Waals surface area contributed by atoms with Crippen LogP contribution in [0.3, 0.4) is 0 Å². The Kier molecular flexibility index (Phi) is 6.27. The molecule has 0 unspecified atom stereocenters. The van der Waals surface area contributed by atoms with Crippen molar-refractivity contribution in [2.24, 2.45) is 0 Å². The normalized spacial score (nSPS) is 11.7. The SMILES string of the molecule is CCc1sc2nc(CC)n(CCN(CC)CC)c(=O)c2c1-c1cccs1. The lowest BCUT2D eigenvalue weighted by atomic mass is 10.1. The fourth-order valence-electron chi connectivity index (χ4n) is 3.38. The molecule has 0 saturated heterocycles. The fourth-order valence-corrected chi connectivity index (χ4v) is 5.39. The lowest BCUT2D eigenvalue weighted by molar-refractivity contribution is 0.287. The van der Waals surface area contributed by atoms with Crippen molar-refractivity contribution >= 4 is 32.9 Å². The standard InChI is InChI=1S/C20H27N3OS2/c1-5-14-17(15-10-9-13-25-15)18-19(26-14)21-16(6-2)23(20(18)24)12-11-22(7-3)8-4/h9-10,13H,5-8,11-12H2,1-4H3. The largest absolute Gasteiger partial charge is 0.302 e. The lowest BCUT2D eigenvalue weighted by Crippen LogP contribution is -2.33. The summed E-state index contributed by atoms with van der Waals surface area (Å²) < 4.78 is 1.91. The summed E-state index contributed by atoms with van der Waals surface area (Å²) in [6.07, 6.45) is 1.70. The maximum Gasteiger partial charge on any atom is 0.262 e. The van der Waals surface area contributed by atoms with Crippen LogP contribution in [0, 0.1) is 0 Å². The second kappa shape index (κ2) is 8.46. The number of nitrogens with zero attached hydrogens (tertiary/aromatic N) is 3. The molecule has 3 rings (SSSR count). The number of thiophene rings is 2. The minimum absolute atomic E-state index is 0.123. The molecule has 0 radical (unpaired) electrons. The zero-order valence-corrected chi connectivity index (χ0v) is 17.7. The Morgan fingerprint density at radius 3 is 2.50 bits per heavy atom. The molecule has 0 aromatic carbocycles. The van der Waals surface area contributed by atoms with Crippen molar-refractivity contribution in [3.8, 4) is 10.4 Å². The Morgan fingerprint density at radius 2 is 1.92 bits per heavy atom. The topological polar surface area (TPSA) is 38.1 Å². The molecule has 140 valence electrons. The maximum atomic E-state index is 13.5. The molecule has 3 aromatic rings. The molecule has 0 bridgehead atoms. The third-order valence-electron chi connectivity index (χ3n) is 4.90. The van der Waals surface area contributed by atoms with Crippen molar-refractivity contribution in [1.29, 1.82) is 0 Å². The first kappa shape index (κ1) is 19.3. The van der Waals surface area contributed by atoms with Crippen LogP contribution in [-0.4, -0.2) is 34.1 Å². The molecule has 6 heteroatoms. The second-order valence-corrected chi connectivity index (χ2v) is 8.31. The van der Waals surface area contributed by atoms with Crippen molar-refractivity contribution in [3.63, 3.8) is 0 Å². The number of rotatable bonds is 8. The molecule has 0 aliphatic carbocycles. The average Bonchev–Trinajstić information content (AvgIpc) is 3.30. The van der Waals surface area contributed by atoms with E-state index in [-0.39, 0.29) is 5.56 Å². The van der Waals surface area contributed by atoms with Crippen LogP contribution in [0.5, 0.6) is 0 Å². The van der Waals surface area contributed by atoms with Gasteiger partial charge in [0.05, 0.1) is 5.39 Å². The van der Waals surface area contributed by atoms with E-state index in [4.69, 9.17) is 4.98 Å². The Labute approximate surface area is 163 Å². The zero-order chi connectivity index (χ0) is 18.7. The highest BCUT2D eigenvalue weighted by molar-refractivity contribution is 7.20. The first-order valence-electron chi connectivity index (χ1n) is 9.45. The van der Waals surface area contributed by atoms with Crippen molar-refractivity contribution in [3.05, 3.63) is 38.6 Å². The van der Waals surface area contributed by atoms with E-state index >= 15 is 0 Å². The number of aryl methyl sites for hydroxylation is 2. The van der Waals surface area contributed by atoms with Gasteiger partial charge in [-0.2, -0.15) is 0 Å². The molecular formula is C20H27N3OS2. The van der Waals surface area contributed by atoms with Gasteiger partial charge in [0.2, 0.25) is 0 Å². The predicted molar refractivity (Wildman–Crippen MR) is 114 cm³/mol. The van der Waals surface area contributed by atoms with Gasteiger partial charge in [0.15, 0.2) is 0 Å². The van der Waals surface area contributed by atoms with E-state index in [1.807, 2.05) is 4.57 Å². The molecule has 3 heterocycles. The van der Waals surface area contributed by atoms with Gasteiger partial charge in [0, 0.05) is 34.8 Å². The fraction of sp³-hybridized carbons (Fsp3) is 0.500. The second-order valence-electron chi connectivity index (χ2n) is 6.28. The Balaban J connectivity index is 2.18. The Bertz CT molecular complexity index is 921. The quantitative estimate of drug-likeness (QED) is 0.563. The highest BCUT2D eigenvalue weighted by atomic mass is 32.1. The van der Waals surface area contributed by atoms with Crippen LogP contribution in [0.2, 0.25) is 0 Å². The summed E-state index contributed by atoms with van der Waals surface area (Å²) >= 11 is 3.38. The van der Waals surface area contributed by atoms with Gasteiger partial charge in [-0.3, -0.25) is 9.36 Å². The summed E-state index contributed by atoms with van der Waals surface area (Å²) in [6.45, 7) is 12.1. The van der Waals surface area contributed by atoms with Gasteiger partial charge < -0.3 is 4.90 Å². The van der Waals surface area contributed by atoms with Crippen LogP contribution >= 0.6 is 22.7 Å². The Morgan fingerprint density at radius 1 is 1.15 bits per heavy atom. The van der Waals surface area contributed by atoms with Crippen molar-refractivity contribution < 1.29 is 0 Å². The minimum atomic E-state index is 0.123. The number of hydrogen-bond donors (Lipinski definition) is 0. The number of hydrogen-bond acceptors (Lipinski definition) is 5. The third-order valence-corrected chi connectivity index (χ3v) is 7.02. The van der Waals surface area contributed by atoms with Crippen LogP contribution < -0.4 is 5.56 Å². The van der Waals surface area contributed by atoms with Crippen LogP contribution in [0.4, 0.5) is 0 Å². The molecule has 0 aliphatic heterocycles. The predicted octanol–water partition coefficient (Wildman–Crippen LogP) is 4.65. The van der Waals surface area contributed by atoms with E-state index in [0.29, 0.717) is 6.54 Å². The van der Waals surface area contributed by atoms with Crippen molar-refractivity contribution in [1.82, 2.24) is 14.5 Å². The van der Waals surface area contributed by atoms with E-state index in [1.165, 1.54) is 9.75 Å². The summed E-state index contributed by atoms with van der Waals surface area (Å²) in [7, 11) is 0. The summed E-state index contributed by atoms with van der Waals surface area (Å²) in [5.41, 5.74) is 1.23. The molecule has 0 N–H and O–H groups in total. The van der Waals surface area contributed by atoms with Crippen LogP contribution in [-0.2, 0) is 19.4 Å². The molecule has 0 spiro atoms. The summed E-state index contributed by atoms with van der Waals surface area (Å²) in [6, 6.07) is 4.16. The number of likely N-dealkylation sites (N-methyl/N-ethyl adjacent to an activating group) is 1. The Hall–Kier alpha value is -1.50. The van der Waals surface area contributed by atoms with Crippen LogP contribution in [0.15, 0.2) is 22.3 Å². The van der Waals surface area contributed by atoms with Gasteiger partial charge in [-0.05, 0) is 31.0 Å². The molecule has 0 amide bonds. The molecular weight excluding hydrogens is 362 g/mol. The van der Waals surface area contributed by atoms with Crippen molar-refractivity contribution in [2.45, 2.75) is 47.1 Å². The molecule has 3 aromatic heterocycles. The maximum absolute atomic E-state index is 13.5. The minimum Gasteiger partial charge on any atom is -0.302 e. The summed E-state index contributed by atoms with van der Waals surface area (Å²) in [5.74, 6) is 0.899. The van der Waals surface area contributed by atoms with E-state index in [9.17, 15) is 4.79 Å². The number of aromatic nitrogens is 2. The lowest BCUT2D eigenvalue weighted by Gasteiger charge is -2.19. The van der Waals surface area contributed by atoms with Gasteiger partial charge in [0.25, 0.3) is 5.56 Å². The highest BCUT2D eigenvalue weighted by Gasteiger charge is 2.21. The summed E-state index contributed by atoms with van der Waals surface area (Å²) in [5, 5.41) is 2.89. The van der Waals surface area contributed by atoms with Crippen LogP contribution in [0.1, 0.15) is 38.4 Å². The van der Waals surface area contributed by atoms with Crippen LogP contribution in [0.25, 0.3) is 20.7 Å². The van der Waals surface area contributed by atoms with Gasteiger partial charge in [-0.25, -0.2) is 4.98 Å². The van der Waals surface area contributed by atoms with Gasteiger partial charge in [-0.1, -0.05) is 33.8 Å². The van der Waals surface area contributed by atoms with Gasteiger partial charge >= 0.3 is 0 Å². The first-order chi connectivity index (χ1) is 12.6. The monoisotopic (exact) mass is 389 g/mol. The zero-order valence-electron chi connectivity index (χ0n) is 16.0. The molecule has 4 nitrogen and oxygen atoms in total. The smallest absolute Gasteiger partial charge is 0.262 e. The molecule has 0 atom stereocenters. The number of fused-ring (bicyclic) bond motifs is 1. The summed E-state index contributed by atoms with van der Waals surface area (Å²) in [4.78, 5) is 24.0. The molecule has 26 heavy (non-hydrogen) atoms.